The average Bonchev–Trinajstić information content (AvgIpc) is 2.76. The zero-order valence-corrected chi connectivity index (χ0v) is 12.0. The molecule has 1 saturated carbocycles. The summed E-state index contributed by atoms with van der Waals surface area (Å²) in [5.74, 6) is 1.14. The van der Waals surface area contributed by atoms with Crippen LogP contribution in [0.3, 0.4) is 0 Å². The Labute approximate surface area is 109 Å². The summed E-state index contributed by atoms with van der Waals surface area (Å²) >= 11 is 1.75. The van der Waals surface area contributed by atoms with Gasteiger partial charge in [0.1, 0.15) is 0 Å². The van der Waals surface area contributed by atoms with Crippen LogP contribution < -0.4 is 0 Å². The first kappa shape index (κ1) is 13.1. The summed E-state index contributed by atoms with van der Waals surface area (Å²) in [6.45, 7) is 6.40. The first-order chi connectivity index (χ1) is 8.05. The largest absolute Gasteiger partial charge is 0.384 e. The molecule has 0 aromatic carbocycles. The highest BCUT2D eigenvalue weighted by Crippen LogP contribution is 2.45. The first-order valence-corrected chi connectivity index (χ1v) is 7.66. The SMILES string of the molecule is CCC1CCCCC1C(C)(O)c1ccc(C)s1. The summed E-state index contributed by atoms with van der Waals surface area (Å²) in [5, 5.41) is 10.9. The van der Waals surface area contributed by atoms with Gasteiger partial charge in [-0.2, -0.15) is 0 Å². The van der Waals surface area contributed by atoms with E-state index in [2.05, 4.69) is 26.0 Å². The minimum atomic E-state index is -0.625. The second-order valence-corrected chi connectivity index (χ2v) is 6.90. The molecule has 0 amide bonds. The molecule has 0 aliphatic heterocycles. The van der Waals surface area contributed by atoms with Crippen LogP contribution in [0, 0.1) is 18.8 Å². The van der Waals surface area contributed by atoms with Crippen molar-refractivity contribution in [3.8, 4) is 0 Å². The number of rotatable bonds is 3. The molecular weight excluding hydrogens is 228 g/mol. The monoisotopic (exact) mass is 252 g/mol. The van der Waals surface area contributed by atoms with Crippen molar-refractivity contribution in [3.63, 3.8) is 0 Å². The van der Waals surface area contributed by atoms with E-state index in [9.17, 15) is 5.11 Å². The highest BCUT2D eigenvalue weighted by molar-refractivity contribution is 7.12. The number of aryl methyl sites for hydroxylation is 1. The molecule has 1 aromatic rings. The highest BCUT2D eigenvalue weighted by atomic mass is 32.1. The Hall–Kier alpha value is -0.340. The Balaban J connectivity index is 2.23. The normalized spacial score (nSPS) is 28.9. The summed E-state index contributed by atoms with van der Waals surface area (Å²) in [6, 6.07) is 4.24. The maximum Gasteiger partial charge on any atom is 0.0990 e. The van der Waals surface area contributed by atoms with Crippen LogP contribution in [0.4, 0.5) is 0 Å². The van der Waals surface area contributed by atoms with E-state index in [1.54, 1.807) is 11.3 Å². The Morgan fingerprint density at radius 1 is 1.35 bits per heavy atom. The van der Waals surface area contributed by atoms with E-state index in [1.165, 1.54) is 37.0 Å². The molecule has 1 aliphatic carbocycles. The van der Waals surface area contributed by atoms with Crippen molar-refractivity contribution in [1.29, 1.82) is 0 Å². The van der Waals surface area contributed by atoms with Crippen LogP contribution >= 0.6 is 11.3 Å². The van der Waals surface area contributed by atoms with Crippen molar-refractivity contribution in [1.82, 2.24) is 0 Å². The van der Waals surface area contributed by atoms with Crippen molar-refractivity contribution >= 4 is 11.3 Å². The first-order valence-electron chi connectivity index (χ1n) is 6.85. The molecule has 1 heterocycles. The fraction of sp³-hybridized carbons (Fsp3) is 0.733. The number of hydrogen-bond acceptors (Lipinski definition) is 2. The predicted molar refractivity (Wildman–Crippen MR) is 74.4 cm³/mol. The highest BCUT2D eigenvalue weighted by Gasteiger charge is 2.40. The van der Waals surface area contributed by atoms with Gasteiger partial charge in [-0.15, -0.1) is 11.3 Å². The third-order valence-electron chi connectivity index (χ3n) is 4.39. The molecular formula is C15H24OS. The molecule has 0 bridgehead atoms. The molecule has 1 N–H and O–H groups in total. The van der Waals surface area contributed by atoms with E-state index < -0.39 is 5.60 Å². The molecule has 1 aliphatic rings. The van der Waals surface area contributed by atoms with Gasteiger partial charge in [0.05, 0.1) is 5.60 Å². The van der Waals surface area contributed by atoms with Crippen molar-refractivity contribution in [3.05, 3.63) is 21.9 Å². The molecule has 1 aromatic heterocycles. The molecule has 0 spiro atoms. The topological polar surface area (TPSA) is 20.2 Å². The molecule has 2 heteroatoms. The molecule has 0 radical (unpaired) electrons. The van der Waals surface area contributed by atoms with Gasteiger partial charge in [-0.3, -0.25) is 0 Å². The van der Waals surface area contributed by atoms with Gasteiger partial charge in [-0.25, -0.2) is 0 Å². The van der Waals surface area contributed by atoms with Crippen molar-refractivity contribution in [2.75, 3.05) is 0 Å². The lowest BCUT2D eigenvalue weighted by molar-refractivity contribution is -0.0460. The molecule has 17 heavy (non-hydrogen) atoms. The Morgan fingerprint density at radius 2 is 2.06 bits per heavy atom. The third kappa shape index (κ3) is 2.58. The van der Waals surface area contributed by atoms with E-state index in [1.807, 2.05) is 6.92 Å². The Morgan fingerprint density at radius 3 is 2.65 bits per heavy atom. The summed E-state index contributed by atoms with van der Waals surface area (Å²) in [4.78, 5) is 2.45. The quantitative estimate of drug-likeness (QED) is 0.841. The van der Waals surface area contributed by atoms with Crippen LogP contribution in [0.25, 0.3) is 0 Å². The molecule has 3 atom stereocenters. The Bertz CT molecular complexity index is 367. The van der Waals surface area contributed by atoms with Crippen molar-refractivity contribution in [2.24, 2.45) is 11.8 Å². The second kappa shape index (κ2) is 5.11. The molecule has 1 fully saturated rings. The van der Waals surface area contributed by atoms with Gasteiger partial charge < -0.3 is 5.11 Å². The van der Waals surface area contributed by atoms with Crippen LogP contribution in [-0.2, 0) is 5.60 Å². The molecule has 1 nitrogen and oxygen atoms in total. The summed E-state index contributed by atoms with van der Waals surface area (Å²) in [6.07, 6.45) is 6.30. The lowest BCUT2D eigenvalue weighted by atomic mass is 9.69. The minimum absolute atomic E-state index is 0.444. The lowest BCUT2D eigenvalue weighted by Gasteiger charge is -2.40. The maximum absolute atomic E-state index is 10.9. The average molecular weight is 252 g/mol. The van der Waals surface area contributed by atoms with Crippen LogP contribution in [0.15, 0.2) is 12.1 Å². The summed E-state index contributed by atoms with van der Waals surface area (Å²) < 4.78 is 0. The van der Waals surface area contributed by atoms with Crippen molar-refractivity contribution in [2.45, 2.75) is 58.5 Å². The third-order valence-corrected chi connectivity index (χ3v) is 5.62. The fourth-order valence-corrected chi connectivity index (χ4v) is 4.30. The fourth-order valence-electron chi connectivity index (χ4n) is 3.33. The van der Waals surface area contributed by atoms with Crippen LogP contribution in [0.2, 0.25) is 0 Å². The number of aliphatic hydroxyl groups is 1. The second-order valence-electron chi connectivity index (χ2n) is 5.62. The van der Waals surface area contributed by atoms with Crippen LogP contribution in [0.5, 0.6) is 0 Å². The summed E-state index contributed by atoms with van der Waals surface area (Å²) in [7, 11) is 0. The molecule has 96 valence electrons. The minimum Gasteiger partial charge on any atom is -0.384 e. The molecule has 0 saturated heterocycles. The molecule has 3 unspecified atom stereocenters. The van der Waals surface area contributed by atoms with Crippen LogP contribution in [0.1, 0.15) is 55.7 Å². The number of thiophene rings is 1. The van der Waals surface area contributed by atoms with Gasteiger partial charge >= 0.3 is 0 Å². The lowest BCUT2D eigenvalue weighted by Crippen LogP contribution is -2.37. The molecule has 2 rings (SSSR count). The number of hydrogen-bond donors (Lipinski definition) is 1. The maximum atomic E-state index is 10.9. The standard InChI is InChI=1S/C15H24OS/c1-4-12-7-5-6-8-13(12)15(3,16)14-10-9-11(2)17-14/h9-10,12-13,16H,4-8H2,1-3H3. The van der Waals surface area contributed by atoms with Gasteiger partial charge in [0.25, 0.3) is 0 Å². The van der Waals surface area contributed by atoms with E-state index in [-0.39, 0.29) is 0 Å². The van der Waals surface area contributed by atoms with E-state index >= 15 is 0 Å². The van der Waals surface area contributed by atoms with E-state index in [0.29, 0.717) is 11.8 Å². The van der Waals surface area contributed by atoms with E-state index in [4.69, 9.17) is 0 Å². The van der Waals surface area contributed by atoms with Crippen LogP contribution in [-0.4, -0.2) is 5.11 Å². The van der Waals surface area contributed by atoms with E-state index in [0.717, 1.165) is 4.88 Å². The van der Waals surface area contributed by atoms with Gasteiger partial charge in [0, 0.05) is 9.75 Å². The van der Waals surface area contributed by atoms with Gasteiger partial charge in [-0.05, 0) is 44.2 Å². The van der Waals surface area contributed by atoms with Gasteiger partial charge in [0.2, 0.25) is 0 Å². The van der Waals surface area contributed by atoms with Gasteiger partial charge in [-0.1, -0.05) is 32.6 Å². The zero-order chi connectivity index (χ0) is 12.5. The predicted octanol–water partition coefficient (Wildman–Crippen LogP) is 4.48. The smallest absolute Gasteiger partial charge is 0.0990 e. The zero-order valence-electron chi connectivity index (χ0n) is 11.2. The van der Waals surface area contributed by atoms with Gasteiger partial charge in [0.15, 0.2) is 0 Å². The van der Waals surface area contributed by atoms with Crippen molar-refractivity contribution < 1.29 is 5.11 Å². The Kier molecular flexibility index (Phi) is 3.94. The summed E-state index contributed by atoms with van der Waals surface area (Å²) in [5.41, 5.74) is -0.625.